The van der Waals surface area contributed by atoms with Gasteiger partial charge < -0.3 is 0 Å². The average Bonchev–Trinajstić information content (AvgIpc) is 2.38. The molecule has 0 N–H and O–H groups in total. The Morgan fingerprint density at radius 1 is 1.05 bits per heavy atom. The number of hydrogen-bond acceptors (Lipinski definition) is 0. The zero-order valence-electron chi connectivity index (χ0n) is 11.1. The Kier molecular flexibility index (Phi) is 4.17. The molecule has 0 nitrogen and oxygen atoms in total. The molecule has 0 aliphatic rings. The number of halogens is 3. The fraction of sp³-hybridized carbons (Fsp3) is 0.250. The number of aryl methyl sites for hydroxylation is 2. The summed E-state index contributed by atoms with van der Waals surface area (Å²) < 4.78 is 13.7. The smallest absolute Gasteiger partial charge is 0.129 e. The Hall–Kier alpha value is -1.05. The van der Waals surface area contributed by atoms with Crippen LogP contribution in [0.2, 0.25) is 5.02 Å². The van der Waals surface area contributed by atoms with E-state index < -0.39 is 0 Å². The first-order chi connectivity index (χ1) is 8.91. The molecule has 3 heteroatoms. The summed E-state index contributed by atoms with van der Waals surface area (Å²) in [5.74, 6) is -0.171. The van der Waals surface area contributed by atoms with Crippen LogP contribution in [0.4, 0.5) is 4.39 Å². The van der Waals surface area contributed by atoms with E-state index in [1.165, 1.54) is 0 Å². The van der Waals surface area contributed by atoms with Crippen LogP contribution >= 0.6 is 23.2 Å². The summed E-state index contributed by atoms with van der Waals surface area (Å²) in [6, 6.07) is 9.25. The number of rotatable bonds is 2. The SMILES string of the molecule is Cc1cc(C(Cl)c2cccc(Cl)c2C)cc(C)c1F. The molecular formula is C16H15Cl2F. The molecule has 0 fully saturated rings. The predicted molar refractivity (Wildman–Crippen MR) is 79.8 cm³/mol. The maximum Gasteiger partial charge on any atom is 0.129 e. The summed E-state index contributed by atoms with van der Waals surface area (Å²) in [5.41, 5.74) is 4.03. The lowest BCUT2D eigenvalue weighted by Crippen LogP contribution is -2.00. The molecular weight excluding hydrogens is 282 g/mol. The molecule has 0 saturated carbocycles. The monoisotopic (exact) mass is 296 g/mol. The van der Waals surface area contributed by atoms with Crippen LogP contribution in [0.3, 0.4) is 0 Å². The van der Waals surface area contributed by atoms with E-state index in [0.717, 1.165) is 16.7 Å². The van der Waals surface area contributed by atoms with E-state index in [1.54, 1.807) is 26.0 Å². The highest BCUT2D eigenvalue weighted by atomic mass is 35.5. The van der Waals surface area contributed by atoms with Gasteiger partial charge in [-0.1, -0.05) is 35.9 Å². The summed E-state index contributed by atoms with van der Waals surface area (Å²) >= 11 is 12.6. The summed E-state index contributed by atoms with van der Waals surface area (Å²) in [7, 11) is 0. The highest BCUT2D eigenvalue weighted by Gasteiger charge is 2.16. The van der Waals surface area contributed by atoms with Crippen molar-refractivity contribution < 1.29 is 4.39 Å². The summed E-state index contributed by atoms with van der Waals surface area (Å²) in [6.07, 6.45) is 0. The molecule has 19 heavy (non-hydrogen) atoms. The maximum atomic E-state index is 13.7. The zero-order chi connectivity index (χ0) is 14.2. The molecule has 0 spiro atoms. The Balaban J connectivity index is 2.50. The molecule has 0 aliphatic heterocycles. The average molecular weight is 297 g/mol. The lowest BCUT2D eigenvalue weighted by molar-refractivity contribution is 0.608. The fourth-order valence-electron chi connectivity index (χ4n) is 2.20. The fourth-order valence-corrected chi connectivity index (χ4v) is 2.75. The lowest BCUT2D eigenvalue weighted by atomic mass is 9.97. The van der Waals surface area contributed by atoms with Gasteiger partial charge in [-0.15, -0.1) is 11.6 Å². The van der Waals surface area contributed by atoms with Gasteiger partial charge in [-0.05, 0) is 54.7 Å². The minimum atomic E-state index is -0.323. The molecule has 0 heterocycles. The second-order valence-electron chi connectivity index (χ2n) is 4.79. The van der Waals surface area contributed by atoms with Crippen molar-refractivity contribution in [1.29, 1.82) is 0 Å². The van der Waals surface area contributed by atoms with E-state index in [1.807, 2.05) is 25.1 Å². The van der Waals surface area contributed by atoms with Crippen molar-refractivity contribution in [2.45, 2.75) is 26.1 Å². The van der Waals surface area contributed by atoms with Crippen molar-refractivity contribution in [3.05, 3.63) is 69.0 Å². The first-order valence-corrected chi connectivity index (χ1v) is 6.89. The minimum Gasteiger partial charge on any atom is -0.206 e. The minimum absolute atomic E-state index is 0.171. The van der Waals surface area contributed by atoms with Gasteiger partial charge >= 0.3 is 0 Å². The maximum absolute atomic E-state index is 13.7. The van der Waals surface area contributed by atoms with Crippen LogP contribution in [0.25, 0.3) is 0 Å². The molecule has 2 aromatic rings. The highest BCUT2D eigenvalue weighted by Crippen LogP contribution is 2.34. The molecule has 0 amide bonds. The van der Waals surface area contributed by atoms with E-state index in [9.17, 15) is 4.39 Å². The van der Waals surface area contributed by atoms with Crippen molar-refractivity contribution in [2.75, 3.05) is 0 Å². The van der Waals surface area contributed by atoms with Crippen LogP contribution < -0.4 is 0 Å². The third-order valence-corrected chi connectivity index (χ3v) is 4.23. The van der Waals surface area contributed by atoms with Gasteiger partial charge in [-0.25, -0.2) is 4.39 Å². The van der Waals surface area contributed by atoms with Gasteiger partial charge in [0, 0.05) is 5.02 Å². The topological polar surface area (TPSA) is 0 Å². The molecule has 1 atom stereocenters. The van der Waals surface area contributed by atoms with Crippen molar-refractivity contribution in [3.8, 4) is 0 Å². The molecule has 100 valence electrons. The Labute approximate surface area is 123 Å². The zero-order valence-corrected chi connectivity index (χ0v) is 12.6. The Morgan fingerprint density at radius 3 is 2.21 bits per heavy atom. The molecule has 1 unspecified atom stereocenters. The van der Waals surface area contributed by atoms with Crippen LogP contribution in [-0.4, -0.2) is 0 Å². The first-order valence-electron chi connectivity index (χ1n) is 6.07. The van der Waals surface area contributed by atoms with Crippen molar-refractivity contribution in [2.24, 2.45) is 0 Å². The second-order valence-corrected chi connectivity index (χ2v) is 5.63. The van der Waals surface area contributed by atoms with Gasteiger partial charge in [-0.3, -0.25) is 0 Å². The van der Waals surface area contributed by atoms with Gasteiger partial charge in [0.2, 0.25) is 0 Å². The second kappa shape index (κ2) is 5.52. The molecule has 0 bridgehead atoms. The number of alkyl halides is 1. The summed E-state index contributed by atoms with van der Waals surface area (Å²) in [4.78, 5) is 0. The van der Waals surface area contributed by atoms with E-state index in [4.69, 9.17) is 23.2 Å². The van der Waals surface area contributed by atoms with E-state index in [-0.39, 0.29) is 11.2 Å². The van der Waals surface area contributed by atoms with Crippen LogP contribution in [0, 0.1) is 26.6 Å². The van der Waals surface area contributed by atoms with Crippen LogP contribution in [0.15, 0.2) is 30.3 Å². The number of benzene rings is 2. The van der Waals surface area contributed by atoms with Crippen LogP contribution in [0.5, 0.6) is 0 Å². The normalized spacial score (nSPS) is 12.5. The predicted octanol–water partition coefficient (Wildman–Crippen LogP) is 5.73. The van der Waals surface area contributed by atoms with E-state index in [0.29, 0.717) is 16.1 Å². The lowest BCUT2D eigenvalue weighted by Gasteiger charge is -2.16. The largest absolute Gasteiger partial charge is 0.206 e. The quantitative estimate of drug-likeness (QED) is 0.621. The van der Waals surface area contributed by atoms with E-state index in [2.05, 4.69) is 0 Å². The highest BCUT2D eigenvalue weighted by molar-refractivity contribution is 6.31. The van der Waals surface area contributed by atoms with Crippen LogP contribution in [0.1, 0.15) is 33.2 Å². The Bertz CT molecular complexity index is 597. The summed E-state index contributed by atoms with van der Waals surface area (Å²) in [5, 5.41) is 0.371. The molecule has 0 aromatic heterocycles. The van der Waals surface area contributed by atoms with Gasteiger partial charge in [0.25, 0.3) is 0 Å². The van der Waals surface area contributed by atoms with Gasteiger partial charge in [0.1, 0.15) is 5.82 Å². The molecule has 2 aromatic carbocycles. The third-order valence-electron chi connectivity index (χ3n) is 3.33. The van der Waals surface area contributed by atoms with E-state index >= 15 is 0 Å². The van der Waals surface area contributed by atoms with Crippen molar-refractivity contribution in [1.82, 2.24) is 0 Å². The Morgan fingerprint density at radius 2 is 1.63 bits per heavy atom. The standard InChI is InChI=1S/C16H15Cl2F/c1-9-7-12(8-10(2)16(9)19)15(18)13-5-4-6-14(17)11(13)3/h4-8,15H,1-3H3. The van der Waals surface area contributed by atoms with Gasteiger partial charge in [0.15, 0.2) is 0 Å². The molecule has 2 rings (SSSR count). The van der Waals surface area contributed by atoms with Gasteiger partial charge in [0.05, 0.1) is 5.38 Å². The van der Waals surface area contributed by atoms with Crippen LogP contribution in [-0.2, 0) is 0 Å². The van der Waals surface area contributed by atoms with Crippen molar-refractivity contribution >= 4 is 23.2 Å². The first kappa shape index (κ1) is 14.4. The molecule has 0 saturated heterocycles. The van der Waals surface area contributed by atoms with Crippen molar-refractivity contribution in [3.63, 3.8) is 0 Å². The molecule has 0 aliphatic carbocycles. The summed E-state index contributed by atoms with van der Waals surface area (Å²) in [6.45, 7) is 5.44. The number of hydrogen-bond donors (Lipinski definition) is 0. The third kappa shape index (κ3) is 2.77. The molecule has 0 radical (unpaired) electrons. The van der Waals surface area contributed by atoms with Gasteiger partial charge in [-0.2, -0.15) is 0 Å².